The first-order valence-corrected chi connectivity index (χ1v) is 10.5. The van der Waals surface area contributed by atoms with Gasteiger partial charge in [-0.1, -0.05) is 24.6 Å². The minimum absolute atomic E-state index is 0.194. The zero-order chi connectivity index (χ0) is 20.9. The van der Waals surface area contributed by atoms with E-state index >= 15 is 0 Å². The third-order valence-corrected chi connectivity index (χ3v) is 5.51. The fraction of sp³-hybridized carbons (Fsp3) is 0.333. The summed E-state index contributed by atoms with van der Waals surface area (Å²) in [5, 5.41) is 6.03. The molecular weight excluding hydrogens is 378 g/mol. The highest BCUT2D eigenvalue weighted by Gasteiger charge is 2.25. The largest absolute Gasteiger partial charge is 0.462 e. The number of esters is 1. The van der Waals surface area contributed by atoms with E-state index in [-0.39, 0.29) is 5.91 Å². The first-order valence-electron chi connectivity index (χ1n) is 10.5. The Morgan fingerprint density at radius 1 is 1.13 bits per heavy atom. The van der Waals surface area contributed by atoms with Gasteiger partial charge in [-0.25, -0.2) is 4.79 Å². The number of piperidine rings is 1. The Labute approximate surface area is 176 Å². The van der Waals surface area contributed by atoms with Crippen LogP contribution in [-0.4, -0.2) is 36.5 Å². The molecule has 0 bridgehead atoms. The maximum absolute atomic E-state index is 12.4. The molecule has 0 unspecified atom stereocenters. The molecule has 30 heavy (non-hydrogen) atoms. The van der Waals surface area contributed by atoms with Crippen molar-refractivity contribution >= 4 is 28.8 Å². The van der Waals surface area contributed by atoms with Crippen LogP contribution in [0.1, 0.15) is 47.7 Å². The molecule has 0 saturated carbocycles. The summed E-state index contributed by atoms with van der Waals surface area (Å²) in [4.78, 5) is 26.8. The summed E-state index contributed by atoms with van der Waals surface area (Å²) in [6.45, 7) is 5.42. The maximum Gasteiger partial charge on any atom is 0.338 e. The number of anilines is 2. The average Bonchev–Trinajstić information content (AvgIpc) is 3.08. The first-order chi connectivity index (χ1) is 14.6. The van der Waals surface area contributed by atoms with E-state index in [0.29, 0.717) is 23.4 Å². The Morgan fingerprint density at radius 2 is 1.90 bits per heavy atom. The monoisotopic (exact) mass is 405 g/mol. The second-order valence-electron chi connectivity index (χ2n) is 7.67. The van der Waals surface area contributed by atoms with Gasteiger partial charge in [-0.3, -0.25) is 9.69 Å². The number of hydrogen-bond acceptors (Lipinski definition) is 5. The number of hydrogen-bond donors (Lipinski definition) is 2. The van der Waals surface area contributed by atoms with Crippen molar-refractivity contribution in [1.82, 2.24) is 4.90 Å². The molecule has 2 aliphatic heterocycles. The molecule has 2 aromatic rings. The van der Waals surface area contributed by atoms with Crippen LogP contribution in [-0.2, 0) is 16.1 Å². The second kappa shape index (κ2) is 9.13. The lowest BCUT2D eigenvalue weighted by atomic mass is 10.1. The molecule has 6 heteroatoms. The smallest absolute Gasteiger partial charge is 0.338 e. The van der Waals surface area contributed by atoms with E-state index in [1.54, 1.807) is 31.3 Å². The Balaban J connectivity index is 1.43. The van der Waals surface area contributed by atoms with Crippen LogP contribution < -0.4 is 10.6 Å². The summed E-state index contributed by atoms with van der Waals surface area (Å²) in [6.07, 6.45) is 5.63. The van der Waals surface area contributed by atoms with Crippen LogP contribution in [0, 0.1) is 0 Å². The molecule has 4 rings (SSSR count). The van der Waals surface area contributed by atoms with Gasteiger partial charge in [-0.2, -0.15) is 0 Å². The van der Waals surface area contributed by atoms with Gasteiger partial charge in [0.1, 0.15) is 0 Å². The SMILES string of the molecule is CCOC(=O)c1ccc2c(c1)NC(=O)C2=CNc1ccc(CN2CCCCC2)cc1. The molecular formula is C24H27N3O3. The molecule has 0 radical (unpaired) electrons. The number of rotatable bonds is 6. The molecule has 1 saturated heterocycles. The topological polar surface area (TPSA) is 70.7 Å². The molecule has 2 N–H and O–H groups in total. The highest BCUT2D eigenvalue weighted by Crippen LogP contribution is 2.32. The summed E-state index contributed by atoms with van der Waals surface area (Å²) >= 11 is 0. The van der Waals surface area contributed by atoms with Gasteiger partial charge < -0.3 is 15.4 Å². The fourth-order valence-corrected chi connectivity index (χ4v) is 3.92. The van der Waals surface area contributed by atoms with Crippen LogP contribution in [0.25, 0.3) is 5.57 Å². The van der Waals surface area contributed by atoms with E-state index in [2.05, 4.69) is 27.7 Å². The van der Waals surface area contributed by atoms with Gasteiger partial charge in [-0.05, 0) is 62.7 Å². The van der Waals surface area contributed by atoms with Crippen molar-refractivity contribution in [3.05, 3.63) is 65.4 Å². The van der Waals surface area contributed by atoms with Crippen molar-refractivity contribution in [3.8, 4) is 0 Å². The normalized spacial score (nSPS) is 17.5. The fourth-order valence-electron chi connectivity index (χ4n) is 3.92. The number of fused-ring (bicyclic) bond motifs is 1. The van der Waals surface area contributed by atoms with Gasteiger partial charge in [0.25, 0.3) is 5.91 Å². The summed E-state index contributed by atoms with van der Waals surface area (Å²) in [5.41, 5.74) is 4.57. The van der Waals surface area contributed by atoms with E-state index in [9.17, 15) is 9.59 Å². The molecule has 2 aromatic carbocycles. The zero-order valence-corrected chi connectivity index (χ0v) is 17.2. The number of nitrogens with zero attached hydrogens (tertiary/aromatic N) is 1. The minimum atomic E-state index is -0.394. The molecule has 0 spiro atoms. The molecule has 2 heterocycles. The van der Waals surface area contributed by atoms with Crippen molar-refractivity contribution < 1.29 is 14.3 Å². The predicted octanol–water partition coefficient (Wildman–Crippen LogP) is 4.25. The molecule has 6 nitrogen and oxygen atoms in total. The third-order valence-electron chi connectivity index (χ3n) is 5.51. The van der Waals surface area contributed by atoms with E-state index in [1.807, 2.05) is 12.1 Å². The number of likely N-dealkylation sites (tertiary alicyclic amines) is 1. The van der Waals surface area contributed by atoms with E-state index in [1.165, 1.54) is 37.9 Å². The Morgan fingerprint density at radius 3 is 2.63 bits per heavy atom. The lowest BCUT2D eigenvalue weighted by molar-refractivity contribution is -0.110. The number of carbonyl (C=O) groups is 2. The highest BCUT2D eigenvalue weighted by molar-refractivity contribution is 6.31. The van der Waals surface area contributed by atoms with Crippen LogP contribution in [0.2, 0.25) is 0 Å². The van der Waals surface area contributed by atoms with Crippen molar-refractivity contribution in [2.45, 2.75) is 32.7 Å². The van der Waals surface area contributed by atoms with E-state index in [4.69, 9.17) is 4.74 Å². The van der Waals surface area contributed by atoms with Crippen molar-refractivity contribution in [1.29, 1.82) is 0 Å². The van der Waals surface area contributed by atoms with Gasteiger partial charge in [0, 0.05) is 29.7 Å². The minimum Gasteiger partial charge on any atom is -0.462 e. The lowest BCUT2D eigenvalue weighted by Gasteiger charge is -2.26. The number of carbonyl (C=O) groups excluding carboxylic acids is 2. The van der Waals surface area contributed by atoms with Crippen LogP contribution >= 0.6 is 0 Å². The van der Waals surface area contributed by atoms with Crippen molar-refractivity contribution in [2.24, 2.45) is 0 Å². The molecule has 156 valence electrons. The second-order valence-corrected chi connectivity index (χ2v) is 7.67. The highest BCUT2D eigenvalue weighted by atomic mass is 16.5. The van der Waals surface area contributed by atoms with Gasteiger partial charge in [0.2, 0.25) is 0 Å². The third kappa shape index (κ3) is 4.54. The van der Waals surface area contributed by atoms with Crippen LogP contribution in [0.15, 0.2) is 48.7 Å². The summed E-state index contributed by atoms with van der Waals surface area (Å²) in [5.74, 6) is -0.588. The maximum atomic E-state index is 12.4. The van der Waals surface area contributed by atoms with Crippen LogP contribution in [0.4, 0.5) is 11.4 Å². The van der Waals surface area contributed by atoms with Crippen molar-refractivity contribution in [3.63, 3.8) is 0 Å². The molecule has 1 fully saturated rings. The van der Waals surface area contributed by atoms with E-state index in [0.717, 1.165) is 17.8 Å². The predicted molar refractivity (Wildman–Crippen MR) is 118 cm³/mol. The molecule has 0 aliphatic carbocycles. The van der Waals surface area contributed by atoms with Gasteiger partial charge in [-0.15, -0.1) is 0 Å². The quantitative estimate of drug-likeness (QED) is 0.555. The first kappa shape index (κ1) is 20.2. The molecule has 1 amide bonds. The van der Waals surface area contributed by atoms with Gasteiger partial charge in [0.05, 0.1) is 17.7 Å². The Hall–Kier alpha value is -3.12. The lowest BCUT2D eigenvalue weighted by Crippen LogP contribution is -2.29. The Kier molecular flexibility index (Phi) is 6.14. The van der Waals surface area contributed by atoms with Crippen LogP contribution in [0.3, 0.4) is 0 Å². The zero-order valence-electron chi connectivity index (χ0n) is 17.2. The van der Waals surface area contributed by atoms with Crippen LogP contribution in [0.5, 0.6) is 0 Å². The number of amides is 1. The van der Waals surface area contributed by atoms with E-state index < -0.39 is 5.97 Å². The standard InChI is InChI=1S/C24H27N3O3/c1-2-30-24(29)18-8-11-20-21(23(28)26-22(20)14-18)15-25-19-9-6-17(7-10-19)16-27-12-4-3-5-13-27/h6-11,14-15,25H,2-5,12-13,16H2,1H3,(H,26,28). The Bertz CT molecular complexity index is 960. The number of ether oxygens (including phenoxy) is 1. The molecule has 0 atom stereocenters. The number of benzene rings is 2. The average molecular weight is 405 g/mol. The summed E-state index contributed by atoms with van der Waals surface area (Å²) in [7, 11) is 0. The summed E-state index contributed by atoms with van der Waals surface area (Å²) in [6, 6.07) is 13.4. The molecule has 0 aromatic heterocycles. The summed E-state index contributed by atoms with van der Waals surface area (Å²) < 4.78 is 5.02. The number of nitrogens with one attached hydrogen (secondary N) is 2. The van der Waals surface area contributed by atoms with Gasteiger partial charge in [0.15, 0.2) is 0 Å². The van der Waals surface area contributed by atoms with Gasteiger partial charge >= 0.3 is 5.97 Å². The molecule has 2 aliphatic rings. The van der Waals surface area contributed by atoms with Crippen molar-refractivity contribution in [2.75, 3.05) is 30.3 Å².